The van der Waals surface area contributed by atoms with Crippen molar-refractivity contribution in [1.82, 2.24) is 5.32 Å². The van der Waals surface area contributed by atoms with Gasteiger partial charge in [0.25, 0.3) is 0 Å². The fourth-order valence-electron chi connectivity index (χ4n) is 3.38. The van der Waals surface area contributed by atoms with Crippen molar-refractivity contribution in [1.29, 1.82) is 0 Å². The highest BCUT2D eigenvalue weighted by molar-refractivity contribution is 6.30. The first-order valence-electron chi connectivity index (χ1n) is 8.77. The van der Waals surface area contributed by atoms with Crippen LogP contribution >= 0.6 is 11.6 Å². The predicted octanol–water partition coefficient (Wildman–Crippen LogP) is 3.30. The zero-order valence-electron chi connectivity index (χ0n) is 14.8. The maximum absolute atomic E-state index is 12.7. The molecule has 2 amide bonds. The van der Waals surface area contributed by atoms with Crippen molar-refractivity contribution < 1.29 is 19.1 Å². The van der Waals surface area contributed by atoms with Crippen LogP contribution in [0, 0.1) is 5.92 Å². The van der Waals surface area contributed by atoms with E-state index in [1.807, 2.05) is 25.1 Å². The average Bonchev–Trinajstić information content (AvgIpc) is 3.27. The first-order valence-corrected chi connectivity index (χ1v) is 9.15. The topological polar surface area (TPSA) is 67.9 Å². The van der Waals surface area contributed by atoms with Crippen molar-refractivity contribution in [2.45, 2.75) is 19.4 Å². The maximum Gasteiger partial charge on any atom is 0.231 e. The summed E-state index contributed by atoms with van der Waals surface area (Å²) in [4.78, 5) is 26.7. The van der Waals surface area contributed by atoms with Gasteiger partial charge in [0, 0.05) is 29.7 Å². The molecule has 0 radical (unpaired) electrons. The van der Waals surface area contributed by atoms with Crippen molar-refractivity contribution in [3.8, 4) is 11.5 Å². The summed E-state index contributed by atoms with van der Waals surface area (Å²) >= 11 is 6.02. The summed E-state index contributed by atoms with van der Waals surface area (Å²) in [5.41, 5.74) is 1.63. The number of anilines is 1. The Kier molecular flexibility index (Phi) is 4.66. The van der Waals surface area contributed by atoms with E-state index in [0.717, 1.165) is 5.56 Å². The van der Waals surface area contributed by atoms with Crippen LogP contribution in [0.2, 0.25) is 5.02 Å². The van der Waals surface area contributed by atoms with Crippen LogP contribution < -0.4 is 19.7 Å². The minimum absolute atomic E-state index is 0.0792. The number of ether oxygens (including phenoxy) is 2. The molecule has 2 unspecified atom stereocenters. The van der Waals surface area contributed by atoms with Gasteiger partial charge in [0.2, 0.25) is 18.6 Å². The van der Waals surface area contributed by atoms with Crippen molar-refractivity contribution >= 4 is 29.1 Å². The van der Waals surface area contributed by atoms with Crippen molar-refractivity contribution in [3.63, 3.8) is 0 Å². The number of fused-ring (bicyclic) bond motifs is 1. The third kappa shape index (κ3) is 3.57. The first kappa shape index (κ1) is 17.7. The van der Waals surface area contributed by atoms with Crippen molar-refractivity contribution in [2.24, 2.45) is 5.92 Å². The standard InChI is InChI=1S/C20H19ClN2O4/c1-12(13-3-2-4-15(21)7-13)22-20(25)14-8-19(24)23(10-14)16-5-6-17-18(9-16)27-11-26-17/h2-7,9,12,14H,8,10-11H2,1H3,(H,22,25). The van der Waals surface area contributed by atoms with Gasteiger partial charge in [0.05, 0.1) is 12.0 Å². The Morgan fingerprint density at radius 2 is 2.04 bits per heavy atom. The molecule has 0 saturated carbocycles. The lowest BCUT2D eigenvalue weighted by molar-refractivity contribution is -0.126. The smallest absolute Gasteiger partial charge is 0.231 e. The molecule has 2 aromatic rings. The number of amides is 2. The third-order valence-corrected chi connectivity index (χ3v) is 5.11. The molecule has 1 fully saturated rings. The quantitative estimate of drug-likeness (QED) is 0.875. The monoisotopic (exact) mass is 386 g/mol. The Bertz CT molecular complexity index is 901. The number of carbonyl (C=O) groups is 2. The van der Waals surface area contributed by atoms with Gasteiger partial charge in [-0.15, -0.1) is 0 Å². The number of benzene rings is 2. The molecule has 1 N–H and O–H groups in total. The van der Waals surface area contributed by atoms with E-state index in [9.17, 15) is 9.59 Å². The van der Waals surface area contributed by atoms with Gasteiger partial charge >= 0.3 is 0 Å². The van der Waals surface area contributed by atoms with Crippen LogP contribution in [0.4, 0.5) is 5.69 Å². The van der Waals surface area contributed by atoms with Crippen LogP contribution in [-0.4, -0.2) is 25.2 Å². The fourth-order valence-corrected chi connectivity index (χ4v) is 3.58. The Morgan fingerprint density at radius 3 is 2.85 bits per heavy atom. The third-order valence-electron chi connectivity index (χ3n) is 4.87. The van der Waals surface area contributed by atoms with Crippen LogP contribution in [0.25, 0.3) is 0 Å². The Balaban J connectivity index is 1.43. The molecular formula is C20H19ClN2O4. The molecule has 1 saturated heterocycles. The van der Waals surface area contributed by atoms with Gasteiger partial charge in [-0.2, -0.15) is 0 Å². The molecule has 0 aromatic heterocycles. The highest BCUT2D eigenvalue weighted by Gasteiger charge is 2.36. The molecule has 0 spiro atoms. The van der Waals surface area contributed by atoms with Crippen molar-refractivity contribution in [3.05, 3.63) is 53.1 Å². The van der Waals surface area contributed by atoms with Gasteiger partial charge in [-0.1, -0.05) is 23.7 Å². The summed E-state index contributed by atoms with van der Waals surface area (Å²) in [7, 11) is 0. The second-order valence-corrected chi connectivity index (χ2v) is 7.16. The molecule has 7 heteroatoms. The lowest BCUT2D eigenvalue weighted by Gasteiger charge is -2.19. The second kappa shape index (κ2) is 7.12. The van der Waals surface area contributed by atoms with Crippen LogP contribution in [0.5, 0.6) is 11.5 Å². The van der Waals surface area contributed by atoms with E-state index in [2.05, 4.69) is 5.32 Å². The van der Waals surface area contributed by atoms with Crippen molar-refractivity contribution in [2.75, 3.05) is 18.2 Å². The van der Waals surface area contributed by atoms with Gasteiger partial charge in [-0.25, -0.2) is 0 Å². The van der Waals surface area contributed by atoms with Crippen LogP contribution in [-0.2, 0) is 9.59 Å². The number of hydrogen-bond donors (Lipinski definition) is 1. The van der Waals surface area contributed by atoms with Gasteiger partial charge in [0.1, 0.15) is 0 Å². The molecule has 2 aliphatic heterocycles. The molecule has 27 heavy (non-hydrogen) atoms. The summed E-state index contributed by atoms with van der Waals surface area (Å²) in [6, 6.07) is 12.5. The van der Waals surface area contributed by atoms with Gasteiger partial charge < -0.3 is 19.7 Å². The molecule has 2 aromatic carbocycles. The molecule has 2 atom stereocenters. The largest absolute Gasteiger partial charge is 0.454 e. The molecule has 2 aliphatic rings. The van der Waals surface area contributed by atoms with E-state index in [4.69, 9.17) is 21.1 Å². The molecule has 2 heterocycles. The highest BCUT2D eigenvalue weighted by Crippen LogP contribution is 2.37. The zero-order chi connectivity index (χ0) is 19.0. The first-order chi connectivity index (χ1) is 13.0. The van der Waals surface area contributed by atoms with E-state index >= 15 is 0 Å². The number of nitrogens with one attached hydrogen (secondary N) is 1. The molecule has 0 bridgehead atoms. The summed E-state index contributed by atoms with van der Waals surface area (Å²) < 4.78 is 10.7. The van der Waals surface area contributed by atoms with E-state index < -0.39 is 5.92 Å². The number of halogens is 1. The number of carbonyl (C=O) groups excluding carboxylic acids is 2. The molecule has 140 valence electrons. The molecular weight excluding hydrogens is 368 g/mol. The van der Waals surface area contributed by atoms with E-state index in [1.165, 1.54) is 0 Å². The maximum atomic E-state index is 12.7. The molecule has 4 rings (SSSR count). The summed E-state index contributed by atoms with van der Waals surface area (Å²) in [6.45, 7) is 2.42. The number of hydrogen-bond acceptors (Lipinski definition) is 4. The molecule has 0 aliphatic carbocycles. The zero-order valence-corrected chi connectivity index (χ0v) is 15.5. The van der Waals surface area contributed by atoms with E-state index in [1.54, 1.807) is 29.2 Å². The average molecular weight is 387 g/mol. The second-order valence-electron chi connectivity index (χ2n) is 6.73. The van der Waals surface area contributed by atoms with Crippen LogP contribution in [0.15, 0.2) is 42.5 Å². The lowest BCUT2D eigenvalue weighted by atomic mass is 10.1. The highest BCUT2D eigenvalue weighted by atomic mass is 35.5. The number of rotatable bonds is 4. The molecule has 6 nitrogen and oxygen atoms in total. The van der Waals surface area contributed by atoms with Crippen LogP contribution in [0.1, 0.15) is 24.9 Å². The van der Waals surface area contributed by atoms with Gasteiger partial charge in [-0.3, -0.25) is 9.59 Å². The van der Waals surface area contributed by atoms with Gasteiger partial charge in [0.15, 0.2) is 11.5 Å². The summed E-state index contributed by atoms with van der Waals surface area (Å²) in [6.07, 6.45) is 0.183. The number of nitrogens with zero attached hydrogens (tertiary/aromatic N) is 1. The minimum Gasteiger partial charge on any atom is -0.454 e. The van der Waals surface area contributed by atoms with E-state index in [-0.39, 0.29) is 31.1 Å². The van der Waals surface area contributed by atoms with E-state index in [0.29, 0.717) is 28.8 Å². The lowest BCUT2D eigenvalue weighted by Crippen LogP contribution is -2.34. The summed E-state index contributed by atoms with van der Waals surface area (Å²) in [5.74, 6) is 0.658. The SMILES string of the molecule is CC(NC(=O)C1CC(=O)N(c2ccc3c(c2)OCO3)C1)c1cccc(Cl)c1. The summed E-state index contributed by atoms with van der Waals surface area (Å²) in [5, 5.41) is 3.60. The predicted molar refractivity (Wildman–Crippen MR) is 101 cm³/mol. The normalized spacial score (nSPS) is 19.3. The Hall–Kier alpha value is -2.73. The fraction of sp³-hybridized carbons (Fsp3) is 0.300. The van der Waals surface area contributed by atoms with Crippen LogP contribution in [0.3, 0.4) is 0 Å². The Morgan fingerprint density at radius 1 is 1.22 bits per heavy atom. The van der Waals surface area contributed by atoms with Gasteiger partial charge in [-0.05, 0) is 36.8 Å². The minimum atomic E-state index is -0.399. The Labute approximate surface area is 162 Å².